The number of amides is 1. The summed E-state index contributed by atoms with van der Waals surface area (Å²) in [5, 5.41) is 2.76. The molecule has 0 aromatic heterocycles. The largest absolute Gasteiger partial charge is 0.494 e. The lowest BCUT2D eigenvalue weighted by molar-refractivity contribution is 0.0955. The van der Waals surface area contributed by atoms with E-state index in [-0.39, 0.29) is 5.91 Å². The van der Waals surface area contributed by atoms with Crippen LogP contribution in [0.3, 0.4) is 0 Å². The fraction of sp³-hybridized carbons (Fsp3) is 0.417. The van der Waals surface area contributed by atoms with E-state index in [1.165, 1.54) is 0 Å². The zero-order valence-corrected chi connectivity index (χ0v) is 9.46. The molecule has 1 amide bonds. The molecule has 0 spiro atoms. The Balaban J connectivity index is 2.91. The maximum Gasteiger partial charge on any atom is 0.251 e. The van der Waals surface area contributed by atoms with Crippen LogP contribution in [-0.4, -0.2) is 19.1 Å². The predicted molar refractivity (Wildman–Crippen MR) is 60.4 cm³/mol. The van der Waals surface area contributed by atoms with Crippen molar-refractivity contribution in [1.82, 2.24) is 5.32 Å². The van der Waals surface area contributed by atoms with Crippen molar-refractivity contribution in [1.29, 1.82) is 0 Å². The van der Waals surface area contributed by atoms with E-state index >= 15 is 0 Å². The molecule has 0 bridgehead atoms. The van der Waals surface area contributed by atoms with Crippen molar-refractivity contribution in [3.8, 4) is 5.75 Å². The van der Waals surface area contributed by atoms with Crippen LogP contribution in [0.25, 0.3) is 0 Å². The highest BCUT2D eigenvalue weighted by molar-refractivity contribution is 5.94. The van der Waals surface area contributed by atoms with Gasteiger partial charge in [0.15, 0.2) is 0 Å². The second-order valence-corrected chi connectivity index (χ2v) is 3.27. The van der Waals surface area contributed by atoms with Crippen LogP contribution in [0.2, 0.25) is 0 Å². The van der Waals surface area contributed by atoms with Crippen molar-refractivity contribution in [2.75, 3.05) is 13.2 Å². The standard InChI is InChI=1S/C12H17NO2/c1-4-13-12(14)10-7-6-9(3)11(8-10)15-5-2/h6-8H,4-5H2,1-3H3,(H,13,14). The lowest BCUT2D eigenvalue weighted by Crippen LogP contribution is -2.22. The molecule has 0 saturated heterocycles. The summed E-state index contributed by atoms with van der Waals surface area (Å²) in [5.41, 5.74) is 1.69. The quantitative estimate of drug-likeness (QED) is 0.821. The number of carbonyl (C=O) groups excluding carboxylic acids is 1. The lowest BCUT2D eigenvalue weighted by atomic mass is 10.1. The first-order chi connectivity index (χ1) is 7.19. The Morgan fingerprint density at radius 2 is 2.13 bits per heavy atom. The minimum atomic E-state index is -0.0570. The normalized spacial score (nSPS) is 9.80. The molecule has 0 aliphatic carbocycles. The average molecular weight is 207 g/mol. The summed E-state index contributed by atoms with van der Waals surface area (Å²) in [5.74, 6) is 0.722. The molecule has 0 aliphatic rings. The van der Waals surface area contributed by atoms with Gasteiger partial charge in [0.2, 0.25) is 0 Å². The van der Waals surface area contributed by atoms with E-state index in [9.17, 15) is 4.79 Å². The number of hydrogen-bond donors (Lipinski definition) is 1. The van der Waals surface area contributed by atoms with Gasteiger partial charge in [-0.25, -0.2) is 0 Å². The van der Waals surface area contributed by atoms with E-state index < -0.39 is 0 Å². The number of nitrogens with one attached hydrogen (secondary N) is 1. The Hall–Kier alpha value is -1.51. The van der Waals surface area contributed by atoms with Crippen LogP contribution in [-0.2, 0) is 0 Å². The molecule has 3 heteroatoms. The summed E-state index contributed by atoms with van der Waals surface area (Å²) in [7, 11) is 0. The molecule has 0 fully saturated rings. The molecule has 0 unspecified atom stereocenters. The number of ether oxygens (including phenoxy) is 1. The molecule has 0 aliphatic heterocycles. The molecule has 0 radical (unpaired) electrons. The fourth-order valence-electron chi connectivity index (χ4n) is 1.31. The van der Waals surface area contributed by atoms with Crippen LogP contribution in [0.4, 0.5) is 0 Å². The Morgan fingerprint density at radius 3 is 2.73 bits per heavy atom. The number of aryl methyl sites for hydroxylation is 1. The van der Waals surface area contributed by atoms with Crippen LogP contribution < -0.4 is 10.1 Å². The van der Waals surface area contributed by atoms with Gasteiger partial charge in [0.05, 0.1) is 6.61 Å². The zero-order valence-electron chi connectivity index (χ0n) is 9.46. The fourth-order valence-corrected chi connectivity index (χ4v) is 1.31. The van der Waals surface area contributed by atoms with Gasteiger partial charge < -0.3 is 10.1 Å². The molecule has 0 heterocycles. The molecule has 0 saturated carbocycles. The van der Waals surface area contributed by atoms with E-state index in [2.05, 4.69) is 5.32 Å². The highest BCUT2D eigenvalue weighted by Gasteiger charge is 2.07. The first-order valence-corrected chi connectivity index (χ1v) is 5.20. The van der Waals surface area contributed by atoms with Gasteiger partial charge in [0, 0.05) is 12.1 Å². The third kappa shape index (κ3) is 2.98. The number of benzene rings is 1. The molecule has 1 aromatic carbocycles. The third-order valence-corrected chi connectivity index (χ3v) is 2.09. The highest BCUT2D eigenvalue weighted by atomic mass is 16.5. The van der Waals surface area contributed by atoms with Crippen molar-refractivity contribution in [3.63, 3.8) is 0 Å². The second-order valence-electron chi connectivity index (χ2n) is 3.27. The summed E-state index contributed by atoms with van der Waals surface area (Å²) in [6, 6.07) is 5.49. The summed E-state index contributed by atoms with van der Waals surface area (Å²) in [4.78, 5) is 11.5. The predicted octanol–water partition coefficient (Wildman–Crippen LogP) is 2.14. The maximum absolute atomic E-state index is 11.5. The van der Waals surface area contributed by atoms with Crippen LogP contribution in [0, 0.1) is 6.92 Å². The van der Waals surface area contributed by atoms with Crippen molar-refractivity contribution in [3.05, 3.63) is 29.3 Å². The Morgan fingerprint density at radius 1 is 1.40 bits per heavy atom. The monoisotopic (exact) mass is 207 g/mol. The summed E-state index contributed by atoms with van der Waals surface area (Å²) < 4.78 is 5.43. The smallest absolute Gasteiger partial charge is 0.251 e. The summed E-state index contributed by atoms with van der Waals surface area (Å²) >= 11 is 0. The van der Waals surface area contributed by atoms with Crippen LogP contribution in [0.1, 0.15) is 29.8 Å². The molecule has 1 rings (SSSR count). The van der Waals surface area contributed by atoms with Crippen molar-refractivity contribution >= 4 is 5.91 Å². The molecule has 82 valence electrons. The Labute approximate surface area is 90.4 Å². The SMILES string of the molecule is CCNC(=O)c1ccc(C)c(OCC)c1. The molecule has 3 nitrogen and oxygen atoms in total. The van der Waals surface area contributed by atoms with Gasteiger partial charge in [-0.3, -0.25) is 4.79 Å². The Bertz CT molecular complexity index is 347. The first-order valence-electron chi connectivity index (χ1n) is 5.20. The molecule has 0 atom stereocenters. The van der Waals surface area contributed by atoms with Crippen molar-refractivity contribution in [2.24, 2.45) is 0 Å². The van der Waals surface area contributed by atoms with Gasteiger partial charge >= 0.3 is 0 Å². The van der Waals surface area contributed by atoms with Gasteiger partial charge in [-0.1, -0.05) is 6.07 Å². The Kier molecular flexibility index (Phi) is 4.16. The third-order valence-electron chi connectivity index (χ3n) is 2.09. The van der Waals surface area contributed by atoms with Gasteiger partial charge in [0.25, 0.3) is 5.91 Å². The minimum absolute atomic E-state index is 0.0570. The lowest BCUT2D eigenvalue weighted by Gasteiger charge is -2.09. The van der Waals surface area contributed by atoms with Gasteiger partial charge in [-0.05, 0) is 38.5 Å². The molecular formula is C12H17NO2. The molecule has 1 N–H and O–H groups in total. The van der Waals surface area contributed by atoms with E-state index in [1.807, 2.05) is 32.9 Å². The zero-order chi connectivity index (χ0) is 11.3. The molecule has 15 heavy (non-hydrogen) atoms. The van der Waals surface area contributed by atoms with Gasteiger partial charge in [0.1, 0.15) is 5.75 Å². The average Bonchev–Trinajstić information content (AvgIpc) is 2.22. The first kappa shape index (κ1) is 11.6. The minimum Gasteiger partial charge on any atom is -0.494 e. The van der Waals surface area contributed by atoms with Crippen molar-refractivity contribution in [2.45, 2.75) is 20.8 Å². The van der Waals surface area contributed by atoms with E-state index in [0.717, 1.165) is 11.3 Å². The van der Waals surface area contributed by atoms with E-state index in [0.29, 0.717) is 18.7 Å². The van der Waals surface area contributed by atoms with Gasteiger partial charge in [-0.15, -0.1) is 0 Å². The number of rotatable bonds is 4. The van der Waals surface area contributed by atoms with Gasteiger partial charge in [-0.2, -0.15) is 0 Å². The van der Waals surface area contributed by atoms with Crippen LogP contribution in [0.15, 0.2) is 18.2 Å². The van der Waals surface area contributed by atoms with Crippen LogP contribution in [0.5, 0.6) is 5.75 Å². The van der Waals surface area contributed by atoms with Crippen LogP contribution >= 0.6 is 0 Å². The number of carbonyl (C=O) groups is 1. The summed E-state index contributed by atoms with van der Waals surface area (Å²) in [6.07, 6.45) is 0. The maximum atomic E-state index is 11.5. The highest BCUT2D eigenvalue weighted by Crippen LogP contribution is 2.19. The topological polar surface area (TPSA) is 38.3 Å². The van der Waals surface area contributed by atoms with E-state index in [4.69, 9.17) is 4.74 Å². The second kappa shape index (κ2) is 5.39. The number of hydrogen-bond acceptors (Lipinski definition) is 2. The molecular weight excluding hydrogens is 190 g/mol. The van der Waals surface area contributed by atoms with Crippen molar-refractivity contribution < 1.29 is 9.53 Å². The summed E-state index contributed by atoms with van der Waals surface area (Å²) in [6.45, 7) is 7.04. The molecule has 1 aromatic rings. The van der Waals surface area contributed by atoms with E-state index in [1.54, 1.807) is 6.07 Å².